The maximum atomic E-state index is 12.5. The van der Waals surface area contributed by atoms with E-state index in [2.05, 4.69) is 17.2 Å². The van der Waals surface area contributed by atoms with Crippen LogP contribution < -0.4 is 10.6 Å². The minimum atomic E-state index is -0.993. The first-order valence-electron chi connectivity index (χ1n) is 6.88. The minimum absolute atomic E-state index is 0.147. The van der Waals surface area contributed by atoms with Gasteiger partial charge in [-0.3, -0.25) is 4.79 Å². The minimum Gasteiger partial charge on any atom is -0.460 e. The summed E-state index contributed by atoms with van der Waals surface area (Å²) in [5, 5.41) is 6.32. The Bertz CT molecular complexity index is 397. The highest BCUT2D eigenvalue weighted by Gasteiger charge is 2.53. The van der Waals surface area contributed by atoms with E-state index in [0.29, 0.717) is 12.8 Å². The van der Waals surface area contributed by atoms with Crippen LogP contribution in [-0.4, -0.2) is 35.1 Å². The Morgan fingerprint density at radius 2 is 1.75 bits per heavy atom. The largest absolute Gasteiger partial charge is 0.460 e. The Morgan fingerprint density at radius 3 is 2.15 bits per heavy atom. The van der Waals surface area contributed by atoms with Crippen LogP contribution in [0.15, 0.2) is 12.7 Å². The van der Waals surface area contributed by atoms with Gasteiger partial charge in [0.1, 0.15) is 12.1 Å². The molecule has 0 aliphatic carbocycles. The lowest BCUT2D eigenvalue weighted by Gasteiger charge is -2.51. The van der Waals surface area contributed by atoms with Crippen LogP contribution in [0.25, 0.3) is 0 Å². The third-order valence-corrected chi connectivity index (χ3v) is 3.30. The van der Waals surface area contributed by atoms with Crippen molar-refractivity contribution in [1.29, 1.82) is 0 Å². The molecule has 0 atom stereocenters. The molecular weight excluding hydrogens is 256 g/mol. The van der Waals surface area contributed by atoms with E-state index in [1.165, 1.54) is 13.0 Å². The van der Waals surface area contributed by atoms with Crippen LogP contribution in [0, 0.1) is 0 Å². The molecule has 1 rings (SSSR count). The Hall–Kier alpha value is -1.36. The summed E-state index contributed by atoms with van der Waals surface area (Å²) in [6.07, 6.45) is 2.49. The molecular formula is C15H26N2O3. The molecule has 5 heteroatoms. The monoisotopic (exact) mass is 282 g/mol. The van der Waals surface area contributed by atoms with E-state index in [4.69, 9.17) is 4.74 Å². The van der Waals surface area contributed by atoms with Gasteiger partial charge in [-0.25, -0.2) is 4.79 Å². The van der Waals surface area contributed by atoms with Gasteiger partial charge in [0.2, 0.25) is 5.91 Å². The molecule has 0 radical (unpaired) electrons. The lowest BCUT2D eigenvalue weighted by molar-refractivity contribution is -0.157. The van der Waals surface area contributed by atoms with Gasteiger partial charge in [0.25, 0.3) is 0 Å². The molecule has 0 bridgehead atoms. The molecule has 1 amide bonds. The lowest BCUT2D eigenvalue weighted by Crippen LogP contribution is -2.70. The number of rotatable bonds is 4. The summed E-state index contributed by atoms with van der Waals surface area (Å²) in [4.78, 5) is 24.0. The van der Waals surface area contributed by atoms with E-state index < -0.39 is 11.5 Å². The predicted octanol–water partition coefficient (Wildman–Crippen LogP) is 1.53. The Morgan fingerprint density at radius 1 is 1.25 bits per heavy atom. The van der Waals surface area contributed by atoms with Crippen molar-refractivity contribution in [3.63, 3.8) is 0 Å². The van der Waals surface area contributed by atoms with Gasteiger partial charge in [-0.2, -0.15) is 0 Å². The maximum absolute atomic E-state index is 12.5. The van der Waals surface area contributed by atoms with Crippen molar-refractivity contribution in [2.45, 2.75) is 64.1 Å². The number of hydrogen-bond donors (Lipinski definition) is 2. The summed E-state index contributed by atoms with van der Waals surface area (Å²) in [5.41, 5.74) is -1.55. The van der Waals surface area contributed by atoms with E-state index >= 15 is 0 Å². The van der Waals surface area contributed by atoms with Crippen molar-refractivity contribution in [2.75, 3.05) is 6.61 Å². The average molecular weight is 282 g/mol. The molecule has 0 spiro atoms. The second-order valence-electron chi connectivity index (χ2n) is 6.90. The predicted molar refractivity (Wildman–Crippen MR) is 78.2 cm³/mol. The molecule has 114 valence electrons. The molecule has 1 saturated heterocycles. The molecule has 1 heterocycles. The molecule has 1 fully saturated rings. The number of amides is 1. The van der Waals surface area contributed by atoms with Gasteiger partial charge in [0, 0.05) is 18.0 Å². The van der Waals surface area contributed by atoms with Gasteiger partial charge < -0.3 is 15.4 Å². The van der Waals surface area contributed by atoms with Crippen LogP contribution in [0.4, 0.5) is 0 Å². The molecule has 5 nitrogen and oxygen atoms in total. The van der Waals surface area contributed by atoms with Crippen molar-refractivity contribution in [3.8, 4) is 0 Å². The normalized spacial score (nSPS) is 22.6. The smallest absolute Gasteiger partial charge is 0.332 e. The number of carbonyl (C=O) groups excluding carboxylic acids is 2. The summed E-state index contributed by atoms with van der Waals surface area (Å²) in [6.45, 7) is 13.2. The zero-order valence-corrected chi connectivity index (χ0v) is 13.1. The number of ether oxygens (including phenoxy) is 1. The Balaban J connectivity index is 3.12. The highest BCUT2D eigenvalue weighted by Crippen LogP contribution is 2.36. The number of hydrogen-bond acceptors (Lipinski definition) is 4. The topological polar surface area (TPSA) is 67.4 Å². The van der Waals surface area contributed by atoms with Crippen molar-refractivity contribution >= 4 is 11.9 Å². The first-order valence-corrected chi connectivity index (χ1v) is 6.88. The second kappa shape index (κ2) is 5.56. The molecule has 2 N–H and O–H groups in total. The first kappa shape index (κ1) is 16.7. The number of esters is 1. The lowest BCUT2D eigenvalue weighted by atomic mass is 9.70. The summed E-state index contributed by atoms with van der Waals surface area (Å²) in [6, 6.07) is 0. The maximum Gasteiger partial charge on any atom is 0.332 e. The van der Waals surface area contributed by atoms with Crippen LogP contribution in [0.5, 0.6) is 0 Å². The third kappa shape index (κ3) is 4.07. The fourth-order valence-electron chi connectivity index (χ4n) is 3.47. The van der Waals surface area contributed by atoms with Crippen LogP contribution in [0.1, 0.15) is 47.5 Å². The van der Waals surface area contributed by atoms with Gasteiger partial charge in [0.15, 0.2) is 0 Å². The summed E-state index contributed by atoms with van der Waals surface area (Å²) in [5.74, 6) is -0.621. The van der Waals surface area contributed by atoms with Gasteiger partial charge >= 0.3 is 5.97 Å². The molecule has 1 aliphatic heterocycles. The second-order valence-corrected chi connectivity index (χ2v) is 6.90. The molecule has 20 heavy (non-hydrogen) atoms. The molecule has 1 aliphatic rings. The third-order valence-electron chi connectivity index (χ3n) is 3.30. The number of piperidine rings is 1. The van der Waals surface area contributed by atoms with Crippen molar-refractivity contribution in [3.05, 3.63) is 12.7 Å². The van der Waals surface area contributed by atoms with E-state index in [1.54, 1.807) is 0 Å². The molecule has 0 saturated carbocycles. The van der Waals surface area contributed by atoms with Crippen LogP contribution in [0.3, 0.4) is 0 Å². The van der Waals surface area contributed by atoms with E-state index in [1.807, 2.05) is 27.7 Å². The van der Waals surface area contributed by atoms with Crippen LogP contribution in [0.2, 0.25) is 0 Å². The summed E-state index contributed by atoms with van der Waals surface area (Å²) < 4.78 is 5.22. The number of nitrogens with one attached hydrogen (secondary N) is 2. The van der Waals surface area contributed by atoms with Crippen LogP contribution in [-0.2, 0) is 14.3 Å². The standard InChI is InChI=1S/C15H26N2O3/c1-7-8-20-12(19)15(16-11(2)18)9-13(3,4)17-14(5,6)10-15/h7,17H,1,8-10H2,2-6H3,(H,16,18). The highest BCUT2D eigenvalue weighted by molar-refractivity contribution is 5.87. The van der Waals surface area contributed by atoms with E-state index in [9.17, 15) is 9.59 Å². The van der Waals surface area contributed by atoms with E-state index in [-0.39, 0.29) is 23.6 Å². The SMILES string of the molecule is C=CCOC(=O)C1(NC(C)=O)CC(C)(C)NC(C)(C)C1. The summed E-state index contributed by atoms with van der Waals surface area (Å²) in [7, 11) is 0. The van der Waals surface area contributed by atoms with Gasteiger partial charge in [-0.05, 0) is 40.5 Å². The van der Waals surface area contributed by atoms with Gasteiger partial charge in [0.05, 0.1) is 0 Å². The average Bonchev–Trinajstić information content (AvgIpc) is 2.19. The zero-order chi connectivity index (χ0) is 15.6. The summed E-state index contributed by atoms with van der Waals surface area (Å²) >= 11 is 0. The van der Waals surface area contributed by atoms with Crippen molar-refractivity contribution in [2.24, 2.45) is 0 Å². The highest BCUT2D eigenvalue weighted by atomic mass is 16.5. The molecule has 0 aromatic carbocycles. The first-order chi connectivity index (χ1) is 9.02. The molecule has 0 aromatic heterocycles. The Labute approximate surface area is 121 Å². The Kier molecular flexibility index (Phi) is 4.64. The van der Waals surface area contributed by atoms with Gasteiger partial charge in [-0.1, -0.05) is 12.7 Å². The zero-order valence-electron chi connectivity index (χ0n) is 13.1. The van der Waals surface area contributed by atoms with Crippen LogP contribution >= 0.6 is 0 Å². The van der Waals surface area contributed by atoms with Crippen molar-refractivity contribution < 1.29 is 14.3 Å². The fraction of sp³-hybridized carbons (Fsp3) is 0.733. The number of carbonyl (C=O) groups is 2. The van der Waals surface area contributed by atoms with Gasteiger partial charge in [-0.15, -0.1) is 0 Å². The van der Waals surface area contributed by atoms with Crippen molar-refractivity contribution in [1.82, 2.24) is 10.6 Å². The molecule has 0 unspecified atom stereocenters. The van der Waals surface area contributed by atoms with E-state index in [0.717, 1.165) is 0 Å². The quantitative estimate of drug-likeness (QED) is 0.606. The molecule has 0 aromatic rings. The fourth-order valence-corrected chi connectivity index (χ4v) is 3.47.